The van der Waals surface area contributed by atoms with Gasteiger partial charge in [0.05, 0.1) is 34.2 Å². The molecular weight excluding hydrogens is 487 g/mol. The van der Waals surface area contributed by atoms with Crippen LogP contribution in [0.15, 0.2) is 55.4 Å². The second-order valence-electron chi connectivity index (χ2n) is 8.86. The van der Waals surface area contributed by atoms with Gasteiger partial charge < -0.3 is 5.21 Å². The van der Waals surface area contributed by atoms with Crippen molar-refractivity contribution in [1.29, 1.82) is 0 Å². The minimum absolute atomic E-state index is 0.0666. The van der Waals surface area contributed by atoms with Crippen LogP contribution in [-0.2, 0) is 7.05 Å². The Morgan fingerprint density at radius 1 is 1.17 bits per heavy atom. The van der Waals surface area contributed by atoms with Gasteiger partial charge in [-0.3, -0.25) is 9.36 Å². The Kier molecular flexibility index (Phi) is 5.44. The molecule has 182 valence electrons. The topological polar surface area (TPSA) is 119 Å². The van der Waals surface area contributed by atoms with E-state index in [9.17, 15) is 5.21 Å². The van der Waals surface area contributed by atoms with E-state index >= 15 is 4.39 Å². The fourth-order valence-electron chi connectivity index (χ4n) is 4.33. The summed E-state index contributed by atoms with van der Waals surface area (Å²) in [5, 5.41) is 37.0. The van der Waals surface area contributed by atoms with Gasteiger partial charge in [0.1, 0.15) is 18.1 Å². The lowest BCUT2D eigenvalue weighted by Crippen LogP contribution is -2.35. The maximum absolute atomic E-state index is 15.2. The molecule has 1 saturated carbocycles. The molecule has 1 fully saturated rings. The van der Waals surface area contributed by atoms with E-state index in [1.54, 1.807) is 40.8 Å². The highest BCUT2D eigenvalue weighted by atomic mass is 35.5. The van der Waals surface area contributed by atoms with E-state index in [1.807, 2.05) is 12.4 Å². The first-order valence-corrected chi connectivity index (χ1v) is 11.7. The normalized spacial score (nSPS) is 14.3. The van der Waals surface area contributed by atoms with E-state index < -0.39 is 5.82 Å². The van der Waals surface area contributed by atoms with Crippen LogP contribution >= 0.6 is 11.6 Å². The van der Waals surface area contributed by atoms with E-state index in [4.69, 9.17) is 11.6 Å². The minimum atomic E-state index is -0.660. The van der Waals surface area contributed by atoms with Crippen molar-refractivity contribution in [1.82, 2.24) is 45.0 Å². The number of pyridine rings is 1. The third kappa shape index (κ3) is 4.09. The molecule has 0 saturated heterocycles. The first kappa shape index (κ1) is 22.3. The van der Waals surface area contributed by atoms with Crippen LogP contribution in [0, 0.1) is 16.9 Å². The van der Waals surface area contributed by atoms with Gasteiger partial charge >= 0.3 is 0 Å². The molecule has 0 amide bonds. The van der Waals surface area contributed by atoms with Gasteiger partial charge in [-0.1, -0.05) is 29.7 Å². The number of nitrogens with zero attached hydrogens (tertiary/aromatic N) is 10. The van der Waals surface area contributed by atoms with Gasteiger partial charge in [-0.15, -0.1) is 10.2 Å². The standard InChI is InChI=1S/C23H20ClFN10O/c1-32-12-18(28-30-32)16-9-27-33(10-16)21(8-14-2-3-14)19-6-4-15(11-35(19)36)22-20(34-13-26-29-31-34)7-5-17(24)23(22)25/h4-7,9-14,21H,2-3,8H2,1H3/t21-/m0/s1. The minimum Gasteiger partial charge on any atom is -0.618 e. The summed E-state index contributed by atoms with van der Waals surface area (Å²) in [6.45, 7) is 0. The molecule has 0 aliphatic heterocycles. The summed E-state index contributed by atoms with van der Waals surface area (Å²) in [5.74, 6) is -0.136. The smallest absolute Gasteiger partial charge is 0.217 e. The molecule has 1 aliphatic rings. The Hall–Kier alpha value is -4.19. The van der Waals surface area contributed by atoms with Crippen molar-refractivity contribution in [3.8, 4) is 28.1 Å². The van der Waals surface area contributed by atoms with Gasteiger partial charge in [0.25, 0.3) is 0 Å². The molecular formula is C23H20ClFN10O. The number of aryl methyl sites for hydroxylation is 1. The average Bonchev–Trinajstić information content (AvgIpc) is 3.26. The highest BCUT2D eigenvalue weighted by Gasteiger charge is 2.32. The molecule has 13 heteroatoms. The third-order valence-electron chi connectivity index (χ3n) is 6.32. The first-order valence-electron chi connectivity index (χ1n) is 11.3. The molecule has 11 nitrogen and oxygen atoms in total. The predicted molar refractivity (Wildman–Crippen MR) is 126 cm³/mol. The van der Waals surface area contributed by atoms with E-state index in [0.717, 1.165) is 29.6 Å². The number of tetrazole rings is 1. The molecule has 6 rings (SSSR count). The molecule has 0 spiro atoms. The Morgan fingerprint density at radius 3 is 2.72 bits per heavy atom. The molecule has 0 radical (unpaired) electrons. The van der Waals surface area contributed by atoms with Crippen LogP contribution in [0.5, 0.6) is 0 Å². The SMILES string of the molecule is Cn1cc(-c2cnn([C@@H](CC3CC3)c3ccc(-c4c(-n5cnnn5)ccc(Cl)c4F)c[n+]3[O-])c2)nn1. The summed E-state index contributed by atoms with van der Waals surface area (Å²) in [6, 6.07) is 6.16. The molecule has 0 unspecified atom stereocenters. The van der Waals surface area contributed by atoms with E-state index in [1.165, 1.54) is 23.3 Å². The highest BCUT2D eigenvalue weighted by Crippen LogP contribution is 2.39. The summed E-state index contributed by atoms with van der Waals surface area (Å²) in [7, 11) is 1.80. The number of hydrogen-bond acceptors (Lipinski definition) is 7. The van der Waals surface area contributed by atoms with Gasteiger partial charge in [-0.05, 0) is 41.0 Å². The molecule has 5 aromatic rings. The summed E-state index contributed by atoms with van der Waals surface area (Å²) < 4.78 is 20.7. The first-order chi connectivity index (χ1) is 17.5. The lowest BCUT2D eigenvalue weighted by molar-refractivity contribution is -0.615. The Morgan fingerprint density at radius 2 is 2.03 bits per heavy atom. The van der Waals surface area contributed by atoms with E-state index in [0.29, 0.717) is 28.6 Å². The number of halogens is 2. The lowest BCUT2D eigenvalue weighted by Gasteiger charge is -2.18. The van der Waals surface area contributed by atoms with E-state index in [-0.39, 0.29) is 16.6 Å². The fourth-order valence-corrected chi connectivity index (χ4v) is 4.49. The molecule has 0 bridgehead atoms. The third-order valence-corrected chi connectivity index (χ3v) is 6.61. The van der Waals surface area contributed by atoms with Crippen molar-refractivity contribution in [3.63, 3.8) is 0 Å². The number of aromatic nitrogens is 10. The summed E-state index contributed by atoms with van der Waals surface area (Å²) in [4.78, 5) is 0. The van der Waals surface area contributed by atoms with Crippen LogP contribution in [0.25, 0.3) is 28.1 Å². The van der Waals surface area contributed by atoms with Crippen molar-refractivity contribution < 1.29 is 9.12 Å². The molecule has 4 aromatic heterocycles. The van der Waals surface area contributed by atoms with Crippen molar-refractivity contribution >= 4 is 11.6 Å². The summed E-state index contributed by atoms with van der Waals surface area (Å²) in [5.41, 5.74) is 2.87. The molecule has 1 aliphatic carbocycles. The molecule has 4 heterocycles. The maximum atomic E-state index is 15.2. The molecule has 1 atom stereocenters. The van der Waals surface area contributed by atoms with Crippen molar-refractivity contribution in [2.45, 2.75) is 25.3 Å². The second kappa shape index (κ2) is 8.79. The predicted octanol–water partition coefficient (Wildman–Crippen LogP) is 3.14. The van der Waals surface area contributed by atoms with Gasteiger partial charge in [-0.25, -0.2) is 4.39 Å². The van der Waals surface area contributed by atoms with Gasteiger partial charge in [0, 0.05) is 24.9 Å². The van der Waals surface area contributed by atoms with Crippen molar-refractivity contribution in [3.05, 3.63) is 77.1 Å². The largest absolute Gasteiger partial charge is 0.618 e. The molecule has 0 N–H and O–H groups in total. The van der Waals surface area contributed by atoms with Gasteiger partial charge in [0.2, 0.25) is 5.69 Å². The van der Waals surface area contributed by atoms with Crippen LogP contribution in [0.1, 0.15) is 31.0 Å². The zero-order valence-corrected chi connectivity index (χ0v) is 19.9. The Bertz CT molecular complexity index is 1540. The lowest BCUT2D eigenvalue weighted by atomic mass is 10.0. The average molecular weight is 507 g/mol. The number of hydrogen-bond donors (Lipinski definition) is 0. The van der Waals surface area contributed by atoms with E-state index in [2.05, 4.69) is 30.9 Å². The Balaban J connectivity index is 1.40. The quantitative estimate of drug-likeness (QED) is 0.246. The fraction of sp³-hybridized carbons (Fsp3) is 0.261. The maximum Gasteiger partial charge on any atom is 0.217 e. The van der Waals surface area contributed by atoms with Crippen LogP contribution in [0.2, 0.25) is 5.02 Å². The number of benzene rings is 1. The van der Waals surface area contributed by atoms with Crippen LogP contribution in [0.4, 0.5) is 4.39 Å². The number of rotatable bonds is 7. The van der Waals surface area contributed by atoms with Gasteiger partial charge in [0.15, 0.2) is 12.0 Å². The van der Waals surface area contributed by atoms with Crippen LogP contribution < -0.4 is 4.73 Å². The zero-order valence-electron chi connectivity index (χ0n) is 19.1. The zero-order chi connectivity index (χ0) is 24.8. The summed E-state index contributed by atoms with van der Waals surface area (Å²) in [6.07, 6.45) is 11.1. The van der Waals surface area contributed by atoms with Crippen molar-refractivity contribution in [2.24, 2.45) is 13.0 Å². The summed E-state index contributed by atoms with van der Waals surface area (Å²) >= 11 is 6.07. The monoisotopic (exact) mass is 506 g/mol. The van der Waals surface area contributed by atoms with Gasteiger partial charge in [-0.2, -0.15) is 14.5 Å². The molecule has 1 aromatic carbocycles. The van der Waals surface area contributed by atoms with Crippen LogP contribution in [-0.4, -0.2) is 45.0 Å². The van der Waals surface area contributed by atoms with Crippen LogP contribution in [0.3, 0.4) is 0 Å². The second-order valence-corrected chi connectivity index (χ2v) is 9.27. The highest BCUT2D eigenvalue weighted by molar-refractivity contribution is 6.31. The van der Waals surface area contributed by atoms with Crippen molar-refractivity contribution in [2.75, 3.05) is 0 Å². The Labute approximate surface area is 209 Å². The molecule has 36 heavy (non-hydrogen) atoms.